The molecule has 0 radical (unpaired) electrons. The zero-order valence-corrected chi connectivity index (χ0v) is 13.8. The standard InChI is InChI=1S/C15H20N2OS2/c1-15(2,3)16-7-11-8-18-14(17-11)13-6-10-9-19-5-4-12(10)20-13/h6,8,16H,4-5,7,9H2,1-3H3. The molecule has 0 amide bonds. The molecule has 3 heterocycles. The maximum absolute atomic E-state index is 5.65. The highest BCUT2D eigenvalue weighted by molar-refractivity contribution is 7.98. The molecular weight excluding hydrogens is 288 g/mol. The summed E-state index contributed by atoms with van der Waals surface area (Å²) in [6, 6.07) is 2.25. The summed E-state index contributed by atoms with van der Waals surface area (Å²) in [6.45, 7) is 7.20. The summed E-state index contributed by atoms with van der Waals surface area (Å²) in [4.78, 5) is 7.27. The molecule has 1 aliphatic rings. The van der Waals surface area contributed by atoms with E-state index in [9.17, 15) is 0 Å². The lowest BCUT2D eigenvalue weighted by atomic mass is 10.1. The number of aromatic nitrogens is 1. The largest absolute Gasteiger partial charge is 0.444 e. The van der Waals surface area contributed by atoms with Crippen LogP contribution < -0.4 is 5.32 Å². The number of aryl methyl sites for hydroxylation is 1. The van der Waals surface area contributed by atoms with E-state index in [0.29, 0.717) is 0 Å². The first kappa shape index (κ1) is 14.2. The van der Waals surface area contributed by atoms with Crippen LogP contribution in [-0.4, -0.2) is 16.3 Å². The molecule has 20 heavy (non-hydrogen) atoms. The van der Waals surface area contributed by atoms with Crippen LogP contribution in [-0.2, 0) is 18.7 Å². The van der Waals surface area contributed by atoms with Crippen molar-refractivity contribution in [1.29, 1.82) is 0 Å². The molecule has 5 heteroatoms. The average Bonchev–Trinajstić information content (AvgIpc) is 3.01. The first-order valence-electron chi connectivity index (χ1n) is 6.90. The lowest BCUT2D eigenvalue weighted by Gasteiger charge is -2.19. The maximum atomic E-state index is 5.65. The minimum atomic E-state index is 0.0956. The molecule has 2 aromatic heterocycles. The lowest BCUT2D eigenvalue weighted by molar-refractivity contribution is 0.421. The van der Waals surface area contributed by atoms with Gasteiger partial charge in [-0.1, -0.05) is 0 Å². The molecule has 1 N–H and O–H groups in total. The molecule has 0 fully saturated rings. The average molecular weight is 308 g/mol. The van der Waals surface area contributed by atoms with Gasteiger partial charge in [0.25, 0.3) is 0 Å². The number of fused-ring (bicyclic) bond motifs is 1. The Morgan fingerprint density at radius 2 is 2.25 bits per heavy atom. The molecule has 1 aliphatic heterocycles. The smallest absolute Gasteiger partial charge is 0.236 e. The number of oxazole rings is 1. The van der Waals surface area contributed by atoms with Crippen LogP contribution in [0.5, 0.6) is 0 Å². The molecule has 108 valence electrons. The Bertz CT molecular complexity index is 572. The topological polar surface area (TPSA) is 38.1 Å². The fourth-order valence-corrected chi connectivity index (χ4v) is 4.41. The van der Waals surface area contributed by atoms with Crippen LogP contribution in [0.1, 0.15) is 36.9 Å². The van der Waals surface area contributed by atoms with Crippen LogP contribution in [0.25, 0.3) is 10.8 Å². The highest BCUT2D eigenvalue weighted by Gasteiger charge is 2.17. The van der Waals surface area contributed by atoms with E-state index >= 15 is 0 Å². The summed E-state index contributed by atoms with van der Waals surface area (Å²) in [7, 11) is 0. The van der Waals surface area contributed by atoms with Crippen LogP contribution in [0, 0.1) is 0 Å². The predicted molar refractivity (Wildman–Crippen MR) is 86.3 cm³/mol. The Hall–Kier alpha value is -0.780. The second kappa shape index (κ2) is 5.54. The van der Waals surface area contributed by atoms with E-state index in [1.807, 2.05) is 23.1 Å². The van der Waals surface area contributed by atoms with E-state index in [1.165, 1.54) is 27.5 Å². The monoisotopic (exact) mass is 308 g/mol. The quantitative estimate of drug-likeness (QED) is 0.927. The van der Waals surface area contributed by atoms with Crippen molar-refractivity contribution in [2.75, 3.05) is 5.75 Å². The first-order chi connectivity index (χ1) is 9.51. The molecule has 3 rings (SSSR count). The zero-order chi connectivity index (χ0) is 14.2. The second-order valence-corrected chi connectivity index (χ2v) is 8.35. The van der Waals surface area contributed by atoms with Crippen molar-refractivity contribution >= 4 is 23.1 Å². The number of thioether (sulfide) groups is 1. The molecule has 0 spiro atoms. The SMILES string of the molecule is CC(C)(C)NCc1coc(-c2cc3c(s2)CCSC3)n1. The number of thiophene rings is 1. The normalized spacial score (nSPS) is 15.3. The van der Waals surface area contributed by atoms with Crippen molar-refractivity contribution in [3.63, 3.8) is 0 Å². The van der Waals surface area contributed by atoms with E-state index in [0.717, 1.165) is 23.9 Å². The fourth-order valence-electron chi connectivity index (χ4n) is 2.11. The number of hydrogen-bond acceptors (Lipinski definition) is 5. The van der Waals surface area contributed by atoms with Crippen molar-refractivity contribution in [2.24, 2.45) is 0 Å². The second-order valence-electron chi connectivity index (χ2n) is 6.11. The van der Waals surface area contributed by atoms with Gasteiger partial charge in [0.05, 0.1) is 10.6 Å². The Labute approximate surface area is 128 Å². The summed E-state index contributed by atoms with van der Waals surface area (Å²) >= 11 is 3.84. The fraction of sp³-hybridized carbons (Fsp3) is 0.533. The molecule has 2 aromatic rings. The summed E-state index contributed by atoms with van der Waals surface area (Å²) in [5.41, 5.74) is 2.53. The summed E-state index contributed by atoms with van der Waals surface area (Å²) in [6.07, 6.45) is 2.95. The van der Waals surface area contributed by atoms with Crippen LogP contribution >= 0.6 is 23.1 Å². The van der Waals surface area contributed by atoms with Gasteiger partial charge >= 0.3 is 0 Å². The molecular formula is C15H20N2OS2. The van der Waals surface area contributed by atoms with Gasteiger partial charge in [0.1, 0.15) is 6.26 Å². The van der Waals surface area contributed by atoms with Gasteiger partial charge in [-0.2, -0.15) is 11.8 Å². The van der Waals surface area contributed by atoms with Gasteiger partial charge in [-0.05, 0) is 44.6 Å². The third-order valence-electron chi connectivity index (χ3n) is 3.19. The third-order valence-corrected chi connectivity index (χ3v) is 5.42. The van der Waals surface area contributed by atoms with Gasteiger partial charge < -0.3 is 9.73 Å². The Morgan fingerprint density at radius 1 is 1.40 bits per heavy atom. The Morgan fingerprint density at radius 3 is 3.00 bits per heavy atom. The van der Waals surface area contributed by atoms with Crippen molar-refractivity contribution in [3.05, 3.63) is 28.5 Å². The van der Waals surface area contributed by atoms with Crippen molar-refractivity contribution in [3.8, 4) is 10.8 Å². The molecule has 0 bridgehead atoms. The highest BCUT2D eigenvalue weighted by Crippen LogP contribution is 2.36. The molecule has 0 saturated heterocycles. The van der Waals surface area contributed by atoms with Crippen molar-refractivity contribution in [1.82, 2.24) is 10.3 Å². The summed E-state index contributed by atoms with van der Waals surface area (Å²) in [5.74, 6) is 3.13. The number of nitrogens with one attached hydrogen (secondary N) is 1. The van der Waals surface area contributed by atoms with Gasteiger partial charge in [-0.3, -0.25) is 0 Å². The number of nitrogens with zero attached hydrogens (tertiary/aromatic N) is 1. The Kier molecular flexibility index (Phi) is 3.93. The molecule has 0 saturated carbocycles. The van der Waals surface area contributed by atoms with Crippen LogP contribution in [0.2, 0.25) is 0 Å². The minimum absolute atomic E-state index is 0.0956. The molecule has 0 atom stereocenters. The lowest BCUT2D eigenvalue weighted by Crippen LogP contribution is -2.35. The zero-order valence-electron chi connectivity index (χ0n) is 12.2. The summed E-state index contributed by atoms with van der Waals surface area (Å²) < 4.78 is 5.65. The van der Waals surface area contributed by atoms with E-state index in [4.69, 9.17) is 4.42 Å². The van der Waals surface area contributed by atoms with Crippen LogP contribution in [0.4, 0.5) is 0 Å². The van der Waals surface area contributed by atoms with E-state index < -0.39 is 0 Å². The third kappa shape index (κ3) is 3.27. The summed E-state index contributed by atoms with van der Waals surface area (Å²) in [5, 5.41) is 3.43. The number of rotatable bonds is 3. The minimum Gasteiger partial charge on any atom is -0.444 e. The van der Waals surface area contributed by atoms with E-state index in [1.54, 1.807) is 6.26 Å². The van der Waals surface area contributed by atoms with Gasteiger partial charge in [0.15, 0.2) is 0 Å². The van der Waals surface area contributed by atoms with Crippen molar-refractivity contribution < 1.29 is 4.42 Å². The Balaban J connectivity index is 1.74. The van der Waals surface area contributed by atoms with E-state index in [2.05, 4.69) is 37.1 Å². The van der Waals surface area contributed by atoms with Gasteiger partial charge in [-0.25, -0.2) is 4.98 Å². The molecule has 3 nitrogen and oxygen atoms in total. The van der Waals surface area contributed by atoms with Crippen LogP contribution in [0.15, 0.2) is 16.7 Å². The first-order valence-corrected chi connectivity index (χ1v) is 8.87. The molecule has 0 aromatic carbocycles. The number of hydrogen-bond donors (Lipinski definition) is 1. The van der Waals surface area contributed by atoms with Crippen molar-refractivity contribution in [2.45, 2.75) is 45.0 Å². The van der Waals surface area contributed by atoms with Gasteiger partial charge in [-0.15, -0.1) is 11.3 Å². The molecule has 0 aliphatic carbocycles. The highest BCUT2D eigenvalue weighted by atomic mass is 32.2. The van der Waals surface area contributed by atoms with Crippen LogP contribution in [0.3, 0.4) is 0 Å². The van der Waals surface area contributed by atoms with Gasteiger partial charge in [0.2, 0.25) is 5.89 Å². The van der Waals surface area contributed by atoms with Gasteiger partial charge in [0, 0.05) is 22.7 Å². The predicted octanol–water partition coefficient (Wildman–Crippen LogP) is 4.08. The van der Waals surface area contributed by atoms with E-state index in [-0.39, 0.29) is 5.54 Å². The molecule has 0 unspecified atom stereocenters. The maximum Gasteiger partial charge on any atom is 0.236 e.